The van der Waals surface area contributed by atoms with Gasteiger partial charge in [0.25, 0.3) is 0 Å². The van der Waals surface area contributed by atoms with Crippen molar-refractivity contribution in [1.29, 1.82) is 0 Å². The Morgan fingerprint density at radius 1 is 1.52 bits per heavy atom. The highest BCUT2D eigenvalue weighted by molar-refractivity contribution is 7.91. The predicted molar refractivity (Wildman–Crippen MR) is 80.7 cm³/mol. The molecular weight excluding hydrogens is 310 g/mol. The highest BCUT2D eigenvalue weighted by Gasteiger charge is 2.31. The maximum Gasteiger partial charge on any atom is 0.249 e. The minimum absolute atomic E-state index is 0.0863. The van der Waals surface area contributed by atoms with E-state index in [4.69, 9.17) is 9.56 Å². The summed E-state index contributed by atoms with van der Waals surface area (Å²) in [7, 11) is -3.70. The maximum atomic E-state index is 11.4. The number of nitrogens with zero attached hydrogens (tertiary/aromatic N) is 2. The lowest BCUT2D eigenvalue weighted by atomic mass is 9.91. The van der Waals surface area contributed by atoms with Crippen LogP contribution in [0.15, 0.2) is 33.2 Å². The molecule has 0 spiro atoms. The second kappa shape index (κ2) is 5.43. The van der Waals surface area contributed by atoms with Gasteiger partial charge in [0.15, 0.2) is 9.34 Å². The van der Waals surface area contributed by atoms with Crippen LogP contribution < -0.4 is 10.0 Å². The summed E-state index contributed by atoms with van der Waals surface area (Å²) in [5, 5.41) is 5.83. The number of rotatable bonds is 3. The molecule has 0 bridgehead atoms. The third-order valence-corrected chi connectivity index (χ3v) is 6.18. The molecule has 2 aromatic heterocycles. The fourth-order valence-electron chi connectivity index (χ4n) is 2.64. The van der Waals surface area contributed by atoms with Crippen molar-refractivity contribution in [1.82, 2.24) is 4.98 Å². The number of aromatic nitrogens is 1. The molecule has 3 heterocycles. The first kappa shape index (κ1) is 14.6. The molecule has 2 atom stereocenters. The van der Waals surface area contributed by atoms with Gasteiger partial charge in [-0.25, -0.2) is 18.5 Å². The Morgan fingerprint density at radius 3 is 2.95 bits per heavy atom. The van der Waals surface area contributed by atoms with Crippen LogP contribution in [-0.4, -0.2) is 19.9 Å². The normalized spacial score (nSPS) is 23.4. The van der Waals surface area contributed by atoms with Crippen molar-refractivity contribution in [2.24, 2.45) is 11.1 Å². The number of piperidine rings is 1. The zero-order valence-electron chi connectivity index (χ0n) is 11.6. The van der Waals surface area contributed by atoms with Gasteiger partial charge in [0, 0.05) is 6.54 Å². The Bertz CT molecular complexity index is 709. The third kappa shape index (κ3) is 2.97. The summed E-state index contributed by atoms with van der Waals surface area (Å²) < 4.78 is 28.4. The molecule has 2 aromatic rings. The smallest absolute Gasteiger partial charge is 0.249 e. The van der Waals surface area contributed by atoms with E-state index in [1.165, 1.54) is 6.20 Å². The van der Waals surface area contributed by atoms with Crippen LogP contribution in [0.1, 0.15) is 31.6 Å². The fourth-order valence-corrected chi connectivity index (χ4v) is 4.25. The fraction of sp³-hybridized carbons (Fsp3) is 0.462. The van der Waals surface area contributed by atoms with Crippen LogP contribution in [0.4, 0.5) is 5.13 Å². The third-order valence-electron chi connectivity index (χ3n) is 3.73. The van der Waals surface area contributed by atoms with Gasteiger partial charge in [0.2, 0.25) is 10.0 Å². The number of nitrogens with two attached hydrogens (primary N) is 1. The van der Waals surface area contributed by atoms with E-state index in [2.05, 4.69) is 16.8 Å². The van der Waals surface area contributed by atoms with Gasteiger partial charge in [0.05, 0.1) is 18.5 Å². The Kier molecular flexibility index (Phi) is 3.76. The molecule has 0 amide bonds. The molecular formula is C13H17N3O3S2. The van der Waals surface area contributed by atoms with E-state index in [0.29, 0.717) is 11.0 Å². The van der Waals surface area contributed by atoms with Crippen molar-refractivity contribution in [2.45, 2.75) is 30.0 Å². The topological polar surface area (TPSA) is 89.4 Å². The zero-order valence-corrected chi connectivity index (χ0v) is 13.2. The number of anilines is 1. The van der Waals surface area contributed by atoms with Crippen molar-refractivity contribution in [3.05, 3.63) is 30.4 Å². The summed E-state index contributed by atoms with van der Waals surface area (Å²) >= 11 is 1.11. The Hall–Kier alpha value is -1.38. The van der Waals surface area contributed by atoms with E-state index in [0.717, 1.165) is 36.5 Å². The number of thiazole rings is 1. The lowest BCUT2D eigenvalue weighted by molar-refractivity contribution is 0.328. The molecule has 0 aromatic carbocycles. The highest BCUT2D eigenvalue weighted by Crippen LogP contribution is 2.39. The quantitative estimate of drug-likeness (QED) is 0.934. The van der Waals surface area contributed by atoms with Gasteiger partial charge in [-0.1, -0.05) is 18.3 Å². The van der Waals surface area contributed by atoms with E-state index < -0.39 is 10.0 Å². The van der Waals surface area contributed by atoms with Crippen molar-refractivity contribution < 1.29 is 12.8 Å². The monoisotopic (exact) mass is 327 g/mol. The minimum atomic E-state index is -3.70. The Balaban J connectivity index is 1.93. The van der Waals surface area contributed by atoms with Crippen LogP contribution in [0.2, 0.25) is 0 Å². The lowest BCUT2D eigenvalue weighted by Gasteiger charge is -2.37. The second-order valence-corrected chi connectivity index (χ2v) is 8.16. The molecule has 1 saturated heterocycles. The highest BCUT2D eigenvalue weighted by atomic mass is 32.2. The average Bonchev–Trinajstić information content (AvgIpc) is 3.09. The minimum Gasteiger partial charge on any atom is -0.467 e. The molecule has 0 aliphatic carbocycles. The van der Waals surface area contributed by atoms with E-state index >= 15 is 0 Å². The molecule has 6 nitrogen and oxygen atoms in total. The molecule has 21 heavy (non-hydrogen) atoms. The van der Waals surface area contributed by atoms with Crippen LogP contribution in [0.25, 0.3) is 0 Å². The van der Waals surface area contributed by atoms with Crippen molar-refractivity contribution in [2.75, 3.05) is 11.4 Å². The first-order valence-corrected chi connectivity index (χ1v) is 9.10. The number of hydrogen-bond donors (Lipinski definition) is 1. The van der Waals surface area contributed by atoms with Gasteiger partial charge in [-0.2, -0.15) is 0 Å². The second-order valence-electron chi connectivity index (χ2n) is 5.36. The molecule has 2 N–H and O–H groups in total. The number of sulfonamides is 1. The molecule has 114 valence electrons. The summed E-state index contributed by atoms with van der Waals surface area (Å²) in [4.78, 5) is 6.34. The van der Waals surface area contributed by atoms with Crippen LogP contribution in [0.3, 0.4) is 0 Å². The van der Waals surface area contributed by atoms with E-state index in [9.17, 15) is 8.42 Å². The van der Waals surface area contributed by atoms with Crippen LogP contribution in [-0.2, 0) is 10.0 Å². The SMILES string of the molecule is C[C@@H]1CCN(c2ncc(S(N)(=O)=O)s2)[C@H](c2ccco2)C1. The molecule has 1 aliphatic heterocycles. The predicted octanol–water partition coefficient (Wildman–Crippen LogP) is 2.36. The molecule has 0 radical (unpaired) electrons. The molecule has 0 unspecified atom stereocenters. The van der Waals surface area contributed by atoms with Gasteiger partial charge in [-0.3, -0.25) is 0 Å². The summed E-state index contributed by atoms with van der Waals surface area (Å²) in [5.41, 5.74) is 0. The van der Waals surface area contributed by atoms with Crippen LogP contribution >= 0.6 is 11.3 Å². The Labute approximate surface area is 127 Å². The van der Waals surface area contributed by atoms with Crippen LogP contribution in [0.5, 0.6) is 0 Å². The summed E-state index contributed by atoms with van der Waals surface area (Å²) in [6.07, 6.45) is 4.98. The van der Waals surface area contributed by atoms with Crippen LogP contribution in [0, 0.1) is 5.92 Å². The Morgan fingerprint density at radius 2 is 2.33 bits per heavy atom. The van der Waals surface area contributed by atoms with E-state index in [-0.39, 0.29) is 10.3 Å². The maximum absolute atomic E-state index is 11.4. The van der Waals surface area contributed by atoms with Crippen molar-refractivity contribution in [3.8, 4) is 0 Å². The molecule has 0 saturated carbocycles. The largest absolute Gasteiger partial charge is 0.467 e. The standard InChI is InChI=1S/C13H17N3O3S2/c1-9-4-5-16(10(7-9)11-3-2-6-19-11)13-15-8-12(20-13)21(14,17)18/h2-3,6,8-10H,4-5,7H2,1H3,(H2,14,17,18)/t9-,10+/m1/s1. The van der Waals surface area contributed by atoms with Gasteiger partial charge in [0.1, 0.15) is 5.76 Å². The van der Waals surface area contributed by atoms with Gasteiger partial charge in [-0.15, -0.1) is 0 Å². The summed E-state index contributed by atoms with van der Waals surface area (Å²) in [6.45, 7) is 3.04. The summed E-state index contributed by atoms with van der Waals surface area (Å²) in [5.74, 6) is 1.47. The van der Waals surface area contributed by atoms with Crippen molar-refractivity contribution >= 4 is 26.5 Å². The molecule has 3 rings (SSSR count). The van der Waals surface area contributed by atoms with Gasteiger partial charge < -0.3 is 9.32 Å². The first-order chi connectivity index (χ1) is 9.95. The average molecular weight is 327 g/mol. The van der Waals surface area contributed by atoms with E-state index in [1.807, 2.05) is 12.1 Å². The van der Waals surface area contributed by atoms with Gasteiger partial charge in [-0.05, 0) is 30.9 Å². The van der Waals surface area contributed by atoms with E-state index in [1.54, 1.807) is 6.26 Å². The molecule has 1 fully saturated rings. The van der Waals surface area contributed by atoms with Gasteiger partial charge >= 0.3 is 0 Å². The lowest BCUT2D eigenvalue weighted by Crippen LogP contribution is -2.36. The molecule has 1 aliphatic rings. The zero-order chi connectivity index (χ0) is 15.0. The summed E-state index contributed by atoms with van der Waals surface area (Å²) in [6, 6.07) is 3.90. The number of hydrogen-bond acceptors (Lipinski definition) is 6. The first-order valence-electron chi connectivity index (χ1n) is 6.74. The molecule has 8 heteroatoms. The van der Waals surface area contributed by atoms with Crippen molar-refractivity contribution in [3.63, 3.8) is 0 Å². The number of primary sulfonamides is 1. The number of furan rings is 1.